The maximum absolute atomic E-state index is 12.5. The molecule has 0 aromatic heterocycles. The number of thioether (sulfide) groups is 1. The normalized spacial score (nSPS) is 22.3. The third kappa shape index (κ3) is 5.03. The molecule has 25 heavy (non-hydrogen) atoms. The minimum Gasteiger partial charge on any atom is -0.354 e. The number of hydrogen-bond donors (Lipinski definition) is 2. The highest BCUT2D eigenvalue weighted by Gasteiger charge is 2.26. The number of para-hydroxylation sites is 1. The molecule has 0 saturated heterocycles. The van der Waals surface area contributed by atoms with Crippen molar-refractivity contribution in [1.29, 1.82) is 0 Å². The molecular formula is C18H27IN4OS. The highest BCUT2D eigenvalue weighted by Crippen LogP contribution is 2.28. The zero-order valence-corrected chi connectivity index (χ0v) is 18.0. The van der Waals surface area contributed by atoms with Gasteiger partial charge in [0.2, 0.25) is 5.91 Å². The maximum Gasteiger partial charge on any atom is 0.246 e. The molecule has 3 rings (SSSR count). The van der Waals surface area contributed by atoms with Crippen LogP contribution in [0.5, 0.6) is 0 Å². The fourth-order valence-electron chi connectivity index (χ4n) is 3.53. The minimum atomic E-state index is 0. The number of amides is 1. The maximum atomic E-state index is 12.5. The van der Waals surface area contributed by atoms with E-state index in [2.05, 4.69) is 27.9 Å². The third-order valence-corrected chi connectivity index (χ3v) is 5.97. The Hall–Kier alpha value is -0.960. The van der Waals surface area contributed by atoms with Crippen LogP contribution in [0.2, 0.25) is 0 Å². The molecule has 1 aliphatic carbocycles. The number of aliphatic imine (C=N–C) groups is 1. The molecule has 138 valence electrons. The molecule has 1 saturated carbocycles. The van der Waals surface area contributed by atoms with Crippen molar-refractivity contribution in [1.82, 2.24) is 10.6 Å². The molecular weight excluding hydrogens is 447 g/mol. The molecule has 1 heterocycles. The number of nitrogens with one attached hydrogen (secondary N) is 2. The molecule has 5 nitrogen and oxygen atoms in total. The minimum absolute atomic E-state index is 0. The van der Waals surface area contributed by atoms with Gasteiger partial charge in [0.05, 0.1) is 6.54 Å². The Labute approximate surface area is 171 Å². The van der Waals surface area contributed by atoms with Crippen molar-refractivity contribution in [3.05, 3.63) is 29.8 Å². The van der Waals surface area contributed by atoms with Crippen LogP contribution in [0.25, 0.3) is 0 Å². The van der Waals surface area contributed by atoms with Gasteiger partial charge in [0.25, 0.3) is 0 Å². The molecule has 0 bridgehead atoms. The first-order valence-electron chi connectivity index (χ1n) is 8.59. The fourth-order valence-corrected chi connectivity index (χ4v) is 4.32. The topological polar surface area (TPSA) is 56.7 Å². The van der Waals surface area contributed by atoms with Gasteiger partial charge in [-0.3, -0.25) is 9.79 Å². The van der Waals surface area contributed by atoms with Gasteiger partial charge in [-0.05, 0) is 43.6 Å². The Morgan fingerprint density at radius 3 is 2.88 bits per heavy atom. The average Bonchev–Trinajstić information content (AvgIpc) is 3.24. The van der Waals surface area contributed by atoms with Gasteiger partial charge < -0.3 is 15.5 Å². The van der Waals surface area contributed by atoms with E-state index in [0.29, 0.717) is 6.04 Å². The lowest BCUT2D eigenvalue weighted by Gasteiger charge is -2.20. The van der Waals surface area contributed by atoms with Crippen molar-refractivity contribution in [2.45, 2.75) is 37.0 Å². The van der Waals surface area contributed by atoms with Crippen LogP contribution >= 0.6 is 35.7 Å². The average molecular weight is 474 g/mol. The van der Waals surface area contributed by atoms with Crippen molar-refractivity contribution in [2.24, 2.45) is 4.99 Å². The van der Waals surface area contributed by atoms with E-state index in [1.807, 2.05) is 34.9 Å². The van der Waals surface area contributed by atoms with Crippen LogP contribution in [0.3, 0.4) is 0 Å². The summed E-state index contributed by atoms with van der Waals surface area (Å²) in [5.41, 5.74) is 2.30. The smallest absolute Gasteiger partial charge is 0.246 e. The first kappa shape index (κ1) is 20.4. The van der Waals surface area contributed by atoms with Crippen LogP contribution in [0.1, 0.15) is 24.8 Å². The molecule has 2 N–H and O–H groups in total. The largest absolute Gasteiger partial charge is 0.354 e. The van der Waals surface area contributed by atoms with E-state index in [1.54, 1.807) is 7.05 Å². The number of benzene rings is 1. The lowest BCUT2D eigenvalue weighted by molar-refractivity contribution is -0.117. The molecule has 1 aromatic carbocycles. The van der Waals surface area contributed by atoms with E-state index >= 15 is 0 Å². The first-order valence-corrected chi connectivity index (χ1v) is 9.88. The van der Waals surface area contributed by atoms with Crippen LogP contribution in [-0.4, -0.2) is 49.6 Å². The summed E-state index contributed by atoms with van der Waals surface area (Å²) in [5.74, 6) is 0.818. The molecule has 1 aliphatic heterocycles. The first-order chi connectivity index (χ1) is 11.7. The zero-order valence-electron chi connectivity index (χ0n) is 14.8. The van der Waals surface area contributed by atoms with E-state index in [4.69, 9.17) is 0 Å². The van der Waals surface area contributed by atoms with Gasteiger partial charge in [-0.1, -0.05) is 18.2 Å². The number of carbonyl (C=O) groups excluding carboxylic acids is 1. The summed E-state index contributed by atoms with van der Waals surface area (Å²) < 4.78 is 0. The van der Waals surface area contributed by atoms with Crippen LogP contribution in [0.15, 0.2) is 29.3 Å². The van der Waals surface area contributed by atoms with E-state index in [1.165, 1.54) is 18.4 Å². The molecule has 7 heteroatoms. The number of rotatable bonds is 4. The zero-order chi connectivity index (χ0) is 16.9. The number of anilines is 1. The Morgan fingerprint density at radius 1 is 1.36 bits per heavy atom. The van der Waals surface area contributed by atoms with E-state index in [-0.39, 0.29) is 36.4 Å². The second kappa shape index (κ2) is 9.66. The van der Waals surface area contributed by atoms with Crippen molar-refractivity contribution >= 4 is 53.3 Å². The van der Waals surface area contributed by atoms with Gasteiger partial charge >= 0.3 is 0 Å². The third-order valence-electron chi connectivity index (χ3n) is 4.88. The van der Waals surface area contributed by atoms with Crippen molar-refractivity contribution in [3.63, 3.8) is 0 Å². The van der Waals surface area contributed by atoms with Crippen molar-refractivity contribution in [3.8, 4) is 0 Å². The molecule has 1 fully saturated rings. The fraction of sp³-hybridized carbons (Fsp3) is 0.556. The van der Waals surface area contributed by atoms with Gasteiger partial charge in [-0.15, -0.1) is 24.0 Å². The summed E-state index contributed by atoms with van der Waals surface area (Å²) >= 11 is 1.94. The highest BCUT2D eigenvalue weighted by atomic mass is 127. The van der Waals surface area contributed by atoms with Gasteiger partial charge in [-0.25, -0.2) is 0 Å². The Bertz CT molecular complexity index is 625. The second-order valence-corrected chi connectivity index (χ2v) is 7.50. The SMILES string of the molecule is CN=C(NCC(=O)N1CCc2ccccc21)NC1CCC(SC)C1.I. The lowest BCUT2D eigenvalue weighted by atomic mass is 10.2. The van der Waals surface area contributed by atoms with Gasteiger partial charge in [0.1, 0.15) is 0 Å². The van der Waals surface area contributed by atoms with E-state index in [9.17, 15) is 4.79 Å². The number of carbonyl (C=O) groups is 1. The highest BCUT2D eigenvalue weighted by molar-refractivity contribution is 14.0. The van der Waals surface area contributed by atoms with Crippen LogP contribution in [-0.2, 0) is 11.2 Å². The second-order valence-electron chi connectivity index (χ2n) is 6.36. The number of hydrogen-bond acceptors (Lipinski definition) is 3. The summed E-state index contributed by atoms with van der Waals surface area (Å²) in [4.78, 5) is 18.7. The summed E-state index contributed by atoms with van der Waals surface area (Å²) in [6, 6.07) is 8.59. The van der Waals surface area contributed by atoms with E-state index in [0.717, 1.165) is 36.3 Å². The summed E-state index contributed by atoms with van der Waals surface area (Å²) in [5, 5.41) is 7.37. The Balaban J connectivity index is 0.00000225. The molecule has 2 unspecified atom stereocenters. The number of guanidine groups is 1. The predicted molar refractivity (Wildman–Crippen MR) is 117 cm³/mol. The number of nitrogens with zero attached hydrogens (tertiary/aromatic N) is 2. The molecule has 0 radical (unpaired) electrons. The summed E-state index contributed by atoms with van der Waals surface area (Å²) in [7, 11) is 1.76. The molecule has 2 aliphatic rings. The van der Waals surface area contributed by atoms with Crippen molar-refractivity contribution < 1.29 is 4.79 Å². The Morgan fingerprint density at radius 2 is 2.16 bits per heavy atom. The number of halogens is 1. The standard InChI is InChI=1S/C18H26N4OS.HI/c1-19-18(21-14-7-8-15(11-14)24-2)20-12-17(23)22-10-9-13-5-3-4-6-16(13)22;/h3-6,14-15H,7-12H2,1-2H3,(H2,19,20,21);1H. The van der Waals surface area contributed by atoms with Crippen LogP contribution < -0.4 is 15.5 Å². The van der Waals surface area contributed by atoms with Crippen molar-refractivity contribution in [2.75, 3.05) is 31.3 Å². The van der Waals surface area contributed by atoms with Crippen LogP contribution in [0, 0.1) is 0 Å². The monoisotopic (exact) mass is 474 g/mol. The number of fused-ring (bicyclic) bond motifs is 1. The molecule has 0 spiro atoms. The summed E-state index contributed by atoms with van der Waals surface area (Å²) in [6.45, 7) is 1.04. The van der Waals surface area contributed by atoms with Crippen LogP contribution in [0.4, 0.5) is 5.69 Å². The predicted octanol–water partition coefficient (Wildman–Crippen LogP) is 2.64. The summed E-state index contributed by atoms with van der Waals surface area (Å²) in [6.07, 6.45) is 6.69. The molecule has 2 atom stereocenters. The molecule has 1 amide bonds. The van der Waals surface area contributed by atoms with Gasteiger partial charge in [0.15, 0.2) is 5.96 Å². The van der Waals surface area contributed by atoms with Gasteiger partial charge in [-0.2, -0.15) is 11.8 Å². The quantitative estimate of drug-likeness (QED) is 0.401. The van der Waals surface area contributed by atoms with E-state index < -0.39 is 0 Å². The lowest BCUT2D eigenvalue weighted by Crippen LogP contribution is -2.47. The van der Waals surface area contributed by atoms with Gasteiger partial charge in [0, 0.05) is 30.6 Å². The Kier molecular flexibility index (Phi) is 7.86. The molecule has 1 aromatic rings.